The van der Waals surface area contributed by atoms with E-state index in [0.717, 1.165) is 11.0 Å². The Morgan fingerprint density at radius 1 is 1.04 bits per heavy atom. The van der Waals surface area contributed by atoms with Crippen molar-refractivity contribution in [2.75, 3.05) is 20.7 Å². The standard InChI is InChI=1S/C21H19N3O3/c1-24(2)21(26)14-27-17-10-7-15(8-11-17)20(25)12-9-16-13-22-18-5-3-4-6-19(18)23-16/h3-13H,14H2,1-2H3/b12-9+. The van der Waals surface area contributed by atoms with Crippen molar-refractivity contribution in [3.63, 3.8) is 0 Å². The molecule has 3 rings (SSSR count). The molecule has 6 heteroatoms. The van der Waals surface area contributed by atoms with Crippen molar-refractivity contribution in [3.05, 3.63) is 72.1 Å². The summed E-state index contributed by atoms with van der Waals surface area (Å²) in [5.74, 6) is 0.251. The number of para-hydroxylation sites is 2. The smallest absolute Gasteiger partial charge is 0.259 e. The number of benzene rings is 2. The van der Waals surface area contributed by atoms with Gasteiger partial charge in [-0.2, -0.15) is 0 Å². The largest absolute Gasteiger partial charge is 0.484 e. The van der Waals surface area contributed by atoms with Gasteiger partial charge >= 0.3 is 0 Å². The van der Waals surface area contributed by atoms with Crippen LogP contribution in [-0.4, -0.2) is 47.3 Å². The van der Waals surface area contributed by atoms with Crippen molar-refractivity contribution in [2.45, 2.75) is 0 Å². The maximum atomic E-state index is 12.3. The summed E-state index contributed by atoms with van der Waals surface area (Å²) in [7, 11) is 3.33. The molecule has 136 valence electrons. The van der Waals surface area contributed by atoms with Gasteiger partial charge in [0.1, 0.15) is 5.75 Å². The van der Waals surface area contributed by atoms with Gasteiger partial charge in [-0.3, -0.25) is 14.6 Å². The van der Waals surface area contributed by atoms with Crippen LogP contribution in [-0.2, 0) is 4.79 Å². The monoisotopic (exact) mass is 361 g/mol. The number of aromatic nitrogens is 2. The van der Waals surface area contributed by atoms with E-state index in [1.54, 1.807) is 50.6 Å². The Hall–Kier alpha value is -3.54. The fourth-order valence-electron chi connectivity index (χ4n) is 2.30. The van der Waals surface area contributed by atoms with Crippen LogP contribution in [0.2, 0.25) is 0 Å². The summed E-state index contributed by atoms with van der Waals surface area (Å²) < 4.78 is 5.40. The summed E-state index contributed by atoms with van der Waals surface area (Å²) in [5, 5.41) is 0. The first kappa shape index (κ1) is 18.3. The molecule has 0 unspecified atom stereocenters. The van der Waals surface area contributed by atoms with E-state index in [9.17, 15) is 9.59 Å². The highest BCUT2D eigenvalue weighted by molar-refractivity contribution is 6.06. The van der Waals surface area contributed by atoms with E-state index in [2.05, 4.69) is 9.97 Å². The highest BCUT2D eigenvalue weighted by Crippen LogP contribution is 2.14. The van der Waals surface area contributed by atoms with E-state index in [4.69, 9.17) is 4.74 Å². The number of fused-ring (bicyclic) bond motifs is 1. The maximum absolute atomic E-state index is 12.3. The molecule has 1 heterocycles. The van der Waals surface area contributed by atoms with E-state index in [-0.39, 0.29) is 18.3 Å². The van der Waals surface area contributed by atoms with Gasteiger partial charge < -0.3 is 9.64 Å². The molecule has 1 aromatic heterocycles. The number of ketones is 1. The second-order valence-corrected chi connectivity index (χ2v) is 6.08. The van der Waals surface area contributed by atoms with Crippen molar-refractivity contribution in [1.82, 2.24) is 14.9 Å². The third-order valence-corrected chi connectivity index (χ3v) is 3.87. The molecule has 0 saturated heterocycles. The molecule has 2 aromatic carbocycles. The fraction of sp³-hybridized carbons (Fsp3) is 0.143. The summed E-state index contributed by atoms with van der Waals surface area (Å²) in [6.07, 6.45) is 4.73. The molecule has 0 aliphatic heterocycles. The van der Waals surface area contributed by atoms with Gasteiger partial charge in [0.2, 0.25) is 0 Å². The van der Waals surface area contributed by atoms with Crippen molar-refractivity contribution >= 4 is 28.8 Å². The van der Waals surface area contributed by atoms with Crippen LogP contribution in [0.3, 0.4) is 0 Å². The minimum Gasteiger partial charge on any atom is -0.484 e. The lowest BCUT2D eigenvalue weighted by Crippen LogP contribution is -2.27. The van der Waals surface area contributed by atoms with Crippen LogP contribution in [0.1, 0.15) is 16.1 Å². The Morgan fingerprint density at radius 3 is 2.44 bits per heavy atom. The van der Waals surface area contributed by atoms with Crippen molar-refractivity contribution in [2.24, 2.45) is 0 Å². The van der Waals surface area contributed by atoms with E-state index in [0.29, 0.717) is 17.0 Å². The SMILES string of the molecule is CN(C)C(=O)COc1ccc(C(=O)/C=C/c2cnc3ccccc3n2)cc1. The molecule has 27 heavy (non-hydrogen) atoms. The van der Waals surface area contributed by atoms with Crippen molar-refractivity contribution < 1.29 is 14.3 Å². The van der Waals surface area contributed by atoms with Gasteiger partial charge in [-0.25, -0.2) is 4.98 Å². The molecule has 3 aromatic rings. The molecule has 1 amide bonds. The van der Waals surface area contributed by atoms with Crippen LogP contribution < -0.4 is 4.74 Å². The number of carbonyl (C=O) groups excluding carboxylic acids is 2. The predicted molar refractivity (Wildman–Crippen MR) is 104 cm³/mol. The number of rotatable bonds is 6. The average molecular weight is 361 g/mol. The molecule has 0 bridgehead atoms. The van der Waals surface area contributed by atoms with Gasteiger partial charge in [0.25, 0.3) is 5.91 Å². The van der Waals surface area contributed by atoms with E-state index in [1.165, 1.54) is 11.0 Å². The Kier molecular flexibility index (Phi) is 5.56. The quantitative estimate of drug-likeness (QED) is 0.498. The molecule has 0 radical (unpaired) electrons. The minimum absolute atomic E-state index is 0.0408. The second kappa shape index (κ2) is 8.23. The van der Waals surface area contributed by atoms with Crippen molar-refractivity contribution in [3.8, 4) is 5.75 Å². The topological polar surface area (TPSA) is 72.4 Å². The zero-order valence-corrected chi connectivity index (χ0v) is 15.1. The van der Waals surface area contributed by atoms with Gasteiger partial charge in [-0.05, 0) is 48.6 Å². The van der Waals surface area contributed by atoms with Crippen LogP contribution in [0.5, 0.6) is 5.75 Å². The molecule has 0 aliphatic carbocycles. The third-order valence-electron chi connectivity index (χ3n) is 3.87. The third kappa shape index (κ3) is 4.76. The van der Waals surface area contributed by atoms with Crippen LogP contribution in [0.25, 0.3) is 17.1 Å². The zero-order valence-electron chi connectivity index (χ0n) is 15.1. The van der Waals surface area contributed by atoms with E-state index < -0.39 is 0 Å². The number of nitrogens with zero attached hydrogens (tertiary/aromatic N) is 3. The first-order chi connectivity index (χ1) is 13.0. The number of amides is 1. The molecule has 6 nitrogen and oxygen atoms in total. The maximum Gasteiger partial charge on any atom is 0.259 e. The predicted octanol–water partition coefficient (Wildman–Crippen LogP) is 2.99. The Morgan fingerprint density at radius 2 is 1.74 bits per heavy atom. The number of hydrogen-bond acceptors (Lipinski definition) is 5. The number of carbonyl (C=O) groups is 2. The van der Waals surface area contributed by atoms with Gasteiger partial charge in [-0.15, -0.1) is 0 Å². The van der Waals surface area contributed by atoms with Gasteiger partial charge in [0, 0.05) is 19.7 Å². The molecule has 0 spiro atoms. The second-order valence-electron chi connectivity index (χ2n) is 6.08. The van der Waals surface area contributed by atoms with Crippen LogP contribution >= 0.6 is 0 Å². The number of ether oxygens (including phenoxy) is 1. The molecule has 0 aliphatic rings. The summed E-state index contributed by atoms with van der Waals surface area (Å²) >= 11 is 0. The molecule has 0 N–H and O–H groups in total. The zero-order chi connectivity index (χ0) is 19.2. The summed E-state index contributed by atoms with van der Waals surface area (Å²) in [6, 6.07) is 14.2. The first-order valence-electron chi connectivity index (χ1n) is 8.40. The van der Waals surface area contributed by atoms with Gasteiger partial charge in [0.05, 0.1) is 22.9 Å². The lowest BCUT2D eigenvalue weighted by atomic mass is 10.1. The summed E-state index contributed by atoms with van der Waals surface area (Å²) in [4.78, 5) is 34.1. The lowest BCUT2D eigenvalue weighted by molar-refractivity contribution is -0.130. The minimum atomic E-state index is -0.152. The van der Waals surface area contributed by atoms with Crippen LogP contribution in [0.4, 0.5) is 0 Å². The molecule has 0 fully saturated rings. The van der Waals surface area contributed by atoms with E-state index in [1.807, 2.05) is 24.3 Å². The van der Waals surface area contributed by atoms with Crippen LogP contribution in [0.15, 0.2) is 60.8 Å². The lowest BCUT2D eigenvalue weighted by Gasteiger charge is -2.11. The highest BCUT2D eigenvalue weighted by Gasteiger charge is 2.06. The number of hydrogen-bond donors (Lipinski definition) is 0. The Labute approximate surface area is 157 Å². The summed E-state index contributed by atoms with van der Waals surface area (Å²) in [6.45, 7) is -0.0408. The van der Waals surface area contributed by atoms with E-state index >= 15 is 0 Å². The van der Waals surface area contributed by atoms with Crippen molar-refractivity contribution in [1.29, 1.82) is 0 Å². The molecular weight excluding hydrogens is 342 g/mol. The Balaban J connectivity index is 1.64. The summed E-state index contributed by atoms with van der Waals surface area (Å²) in [5.41, 5.74) is 2.72. The molecule has 0 atom stereocenters. The fourth-order valence-corrected chi connectivity index (χ4v) is 2.30. The first-order valence-corrected chi connectivity index (χ1v) is 8.40. The van der Waals surface area contributed by atoms with Gasteiger partial charge in [-0.1, -0.05) is 12.1 Å². The Bertz CT molecular complexity index is 995. The number of likely N-dealkylation sites (N-methyl/N-ethyl adjacent to an activating group) is 1. The molecule has 0 saturated carbocycles. The van der Waals surface area contributed by atoms with Crippen LogP contribution in [0, 0.1) is 0 Å². The van der Waals surface area contributed by atoms with Gasteiger partial charge in [0.15, 0.2) is 12.4 Å². The highest BCUT2D eigenvalue weighted by atomic mass is 16.5. The average Bonchev–Trinajstić information content (AvgIpc) is 2.70. The normalized spacial score (nSPS) is 10.9. The molecular formula is C21H19N3O3. The number of allylic oxidation sites excluding steroid dienone is 1.